The summed E-state index contributed by atoms with van der Waals surface area (Å²) < 4.78 is 15.8. The second-order valence-corrected chi connectivity index (χ2v) is 7.74. The van der Waals surface area contributed by atoms with Crippen LogP contribution in [0.5, 0.6) is 0 Å². The zero-order valence-electron chi connectivity index (χ0n) is 17.6. The lowest BCUT2D eigenvalue weighted by Gasteiger charge is -2.43. The van der Waals surface area contributed by atoms with E-state index in [9.17, 15) is 14.4 Å². The van der Waals surface area contributed by atoms with E-state index in [1.807, 2.05) is 6.08 Å². The van der Waals surface area contributed by atoms with E-state index in [0.29, 0.717) is 43.9 Å². The van der Waals surface area contributed by atoms with Gasteiger partial charge in [0.2, 0.25) is 11.8 Å². The molecule has 0 aromatic carbocycles. The Bertz CT molecular complexity index is 788. The Morgan fingerprint density at radius 2 is 2.23 bits per heavy atom. The van der Waals surface area contributed by atoms with Crippen LogP contribution in [0.15, 0.2) is 34.6 Å². The fourth-order valence-electron chi connectivity index (χ4n) is 4.38. The number of allylic oxidation sites excluding steroid dienone is 1. The molecule has 30 heavy (non-hydrogen) atoms. The third kappa shape index (κ3) is 4.59. The lowest BCUT2D eigenvalue weighted by molar-refractivity contribution is -0.161. The summed E-state index contributed by atoms with van der Waals surface area (Å²) in [5.74, 6) is -0.657. The van der Waals surface area contributed by atoms with Crippen molar-refractivity contribution in [2.24, 2.45) is 11.3 Å². The standard InChI is InChI=1S/C22H30N2O6/c1-3-29-21(27)22-9-4-8-18(22)24(15-17-7-5-12-30-17)20(26)16(14-22)13-19(25)23-10-6-11-28-2/h5,7-8,12,16H,3-4,6,9-11,13-15H2,1-2H3,(H,23,25)/t16-,22+/m1/s1. The number of hydrogen-bond acceptors (Lipinski definition) is 6. The molecule has 2 aliphatic rings. The summed E-state index contributed by atoms with van der Waals surface area (Å²) in [4.78, 5) is 40.4. The number of esters is 1. The first-order chi connectivity index (χ1) is 14.5. The monoisotopic (exact) mass is 418 g/mol. The SMILES string of the molecule is CCOC(=O)[C@]12CCC=C1N(Cc1ccco1)C(=O)[C@H](CC(=O)NCCCOC)C2. The van der Waals surface area contributed by atoms with Gasteiger partial charge in [0.25, 0.3) is 0 Å². The summed E-state index contributed by atoms with van der Waals surface area (Å²) in [6.07, 6.45) is 5.78. The molecule has 3 rings (SSSR count). The number of amides is 2. The molecule has 1 aromatic heterocycles. The summed E-state index contributed by atoms with van der Waals surface area (Å²) in [6.45, 7) is 3.30. The Kier molecular flexibility index (Phi) is 7.31. The van der Waals surface area contributed by atoms with E-state index in [4.69, 9.17) is 13.9 Å². The smallest absolute Gasteiger partial charge is 0.318 e. The third-order valence-electron chi connectivity index (χ3n) is 5.74. The van der Waals surface area contributed by atoms with Crippen LogP contribution in [0, 0.1) is 11.3 Å². The summed E-state index contributed by atoms with van der Waals surface area (Å²) in [5.41, 5.74) is -0.212. The highest BCUT2D eigenvalue weighted by Gasteiger charge is 2.55. The quantitative estimate of drug-likeness (QED) is 0.463. The van der Waals surface area contributed by atoms with Gasteiger partial charge in [-0.1, -0.05) is 6.08 Å². The number of methoxy groups -OCH3 is 1. The van der Waals surface area contributed by atoms with E-state index in [2.05, 4.69) is 5.32 Å². The molecule has 2 heterocycles. The van der Waals surface area contributed by atoms with Crippen molar-refractivity contribution in [1.29, 1.82) is 0 Å². The molecular formula is C22H30N2O6. The predicted octanol–water partition coefficient (Wildman–Crippen LogP) is 2.40. The second-order valence-electron chi connectivity index (χ2n) is 7.74. The first kappa shape index (κ1) is 22.1. The van der Waals surface area contributed by atoms with E-state index in [1.54, 1.807) is 37.3 Å². The fraction of sp³-hybridized carbons (Fsp3) is 0.591. The number of fused-ring (bicyclic) bond motifs is 1. The van der Waals surface area contributed by atoms with E-state index in [-0.39, 0.29) is 43.8 Å². The van der Waals surface area contributed by atoms with Crippen molar-refractivity contribution in [3.8, 4) is 0 Å². The molecule has 0 spiro atoms. The van der Waals surface area contributed by atoms with Crippen LogP contribution in [0.25, 0.3) is 0 Å². The highest BCUT2D eigenvalue weighted by atomic mass is 16.5. The van der Waals surface area contributed by atoms with Gasteiger partial charge in [-0.25, -0.2) is 0 Å². The van der Waals surface area contributed by atoms with Gasteiger partial charge < -0.3 is 24.1 Å². The Morgan fingerprint density at radius 1 is 1.40 bits per heavy atom. The first-order valence-corrected chi connectivity index (χ1v) is 10.5. The van der Waals surface area contributed by atoms with Crippen LogP contribution in [0.3, 0.4) is 0 Å². The van der Waals surface area contributed by atoms with Gasteiger partial charge in [-0.2, -0.15) is 0 Å². The number of carbonyl (C=O) groups is 3. The van der Waals surface area contributed by atoms with Crippen LogP contribution >= 0.6 is 0 Å². The van der Waals surface area contributed by atoms with Crippen molar-refractivity contribution in [1.82, 2.24) is 10.2 Å². The number of likely N-dealkylation sites (tertiary alicyclic amines) is 1. The van der Waals surface area contributed by atoms with Gasteiger partial charge in [0.05, 0.1) is 19.4 Å². The van der Waals surface area contributed by atoms with Crippen molar-refractivity contribution in [2.75, 3.05) is 26.9 Å². The number of ether oxygens (including phenoxy) is 2. The molecule has 1 aromatic rings. The second kappa shape index (κ2) is 9.93. The maximum Gasteiger partial charge on any atom is 0.318 e. The van der Waals surface area contributed by atoms with Crippen LogP contribution in [-0.2, 0) is 30.4 Å². The minimum atomic E-state index is -0.891. The molecule has 1 fully saturated rings. The van der Waals surface area contributed by atoms with E-state index >= 15 is 0 Å². The molecule has 8 nitrogen and oxygen atoms in total. The molecule has 1 aliphatic heterocycles. The number of hydrogen-bond donors (Lipinski definition) is 1. The summed E-state index contributed by atoms with van der Waals surface area (Å²) in [7, 11) is 1.61. The Morgan fingerprint density at radius 3 is 2.93 bits per heavy atom. The molecule has 164 valence electrons. The van der Waals surface area contributed by atoms with Crippen LogP contribution in [0.4, 0.5) is 0 Å². The topological polar surface area (TPSA) is 98.1 Å². The molecule has 1 N–H and O–H groups in total. The molecule has 1 saturated heterocycles. The zero-order chi connectivity index (χ0) is 21.6. The van der Waals surface area contributed by atoms with E-state index in [0.717, 1.165) is 0 Å². The Labute approximate surface area is 176 Å². The molecular weight excluding hydrogens is 388 g/mol. The van der Waals surface area contributed by atoms with E-state index in [1.165, 1.54) is 0 Å². The maximum atomic E-state index is 13.3. The minimum Gasteiger partial charge on any atom is -0.467 e. The van der Waals surface area contributed by atoms with Gasteiger partial charge >= 0.3 is 5.97 Å². The highest BCUT2D eigenvalue weighted by molar-refractivity contribution is 5.92. The Balaban J connectivity index is 1.81. The number of carbonyl (C=O) groups excluding carboxylic acids is 3. The molecule has 0 bridgehead atoms. The fourth-order valence-corrected chi connectivity index (χ4v) is 4.38. The van der Waals surface area contributed by atoms with Gasteiger partial charge in [0.15, 0.2) is 0 Å². The normalized spacial score (nSPS) is 23.1. The highest BCUT2D eigenvalue weighted by Crippen LogP contribution is 2.51. The van der Waals surface area contributed by atoms with Crippen molar-refractivity contribution >= 4 is 17.8 Å². The number of nitrogens with zero attached hydrogens (tertiary/aromatic N) is 1. The van der Waals surface area contributed by atoms with Crippen LogP contribution in [0.2, 0.25) is 0 Å². The van der Waals surface area contributed by atoms with Gasteiger partial charge in [-0.3, -0.25) is 14.4 Å². The number of rotatable bonds is 10. The van der Waals surface area contributed by atoms with Gasteiger partial charge in [0.1, 0.15) is 11.2 Å². The molecule has 8 heteroatoms. The van der Waals surface area contributed by atoms with Gasteiger partial charge in [-0.05, 0) is 44.7 Å². The first-order valence-electron chi connectivity index (χ1n) is 10.5. The maximum absolute atomic E-state index is 13.3. The average Bonchev–Trinajstić information content (AvgIpc) is 3.39. The molecule has 0 saturated carbocycles. The van der Waals surface area contributed by atoms with Crippen LogP contribution in [0.1, 0.15) is 44.8 Å². The summed E-state index contributed by atoms with van der Waals surface area (Å²) >= 11 is 0. The molecule has 1 aliphatic carbocycles. The molecule has 0 radical (unpaired) electrons. The van der Waals surface area contributed by atoms with Crippen molar-refractivity contribution in [2.45, 2.75) is 45.6 Å². The van der Waals surface area contributed by atoms with Gasteiger partial charge in [-0.15, -0.1) is 0 Å². The summed E-state index contributed by atoms with van der Waals surface area (Å²) in [6, 6.07) is 3.55. The number of nitrogens with one attached hydrogen (secondary N) is 1. The van der Waals surface area contributed by atoms with Crippen LogP contribution in [-0.4, -0.2) is 49.6 Å². The van der Waals surface area contributed by atoms with Crippen molar-refractivity contribution in [3.63, 3.8) is 0 Å². The minimum absolute atomic E-state index is 0.0366. The van der Waals surface area contributed by atoms with Crippen molar-refractivity contribution < 1.29 is 28.3 Å². The lowest BCUT2D eigenvalue weighted by Crippen LogP contribution is -2.52. The van der Waals surface area contributed by atoms with Crippen molar-refractivity contribution in [3.05, 3.63) is 35.9 Å². The Hall–Kier alpha value is -2.61. The van der Waals surface area contributed by atoms with E-state index < -0.39 is 11.3 Å². The largest absolute Gasteiger partial charge is 0.467 e. The zero-order valence-corrected chi connectivity index (χ0v) is 17.6. The number of piperidine rings is 1. The number of furan rings is 1. The lowest BCUT2D eigenvalue weighted by atomic mass is 9.71. The molecule has 2 amide bonds. The molecule has 0 unspecified atom stereocenters. The third-order valence-corrected chi connectivity index (χ3v) is 5.74. The molecule has 2 atom stereocenters. The summed E-state index contributed by atoms with van der Waals surface area (Å²) in [5, 5.41) is 2.83. The van der Waals surface area contributed by atoms with Crippen LogP contribution < -0.4 is 5.32 Å². The van der Waals surface area contributed by atoms with Gasteiger partial charge in [0, 0.05) is 38.3 Å². The average molecular weight is 418 g/mol. The predicted molar refractivity (Wildman–Crippen MR) is 108 cm³/mol.